The molecular formula is C16H30N6O6. The smallest absolute Gasteiger partial charge is 0.326 e. The van der Waals surface area contributed by atoms with Gasteiger partial charge < -0.3 is 38.0 Å². The summed E-state index contributed by atoms with van der Waals surface area (Å²) in [5.41, 5.74) is 16.2. The lowest BCUT2D eigenvalue weighted by molar-refractivity contribution is -0.143. The number of rotatable bonds is 13. The summed E-state index contributed by atoms with van der Waals surface area (Å²) < 4.78 is 0. The lowest BCUT2D eigenvalue weighted by Gasteiger charge is -2.25. The third-order valence-electron chi connectivity index (χ3n) is 3.81. The summed E-state index contributed by atoms with van der Waals surface area (Å²) in [4.78, 5) is 50.3. The zero-order valence-electron chi connectivity index (χ0n) is 16.1. The van der Waals surface area contributed by atoms with Gasteiger partial charge in [-0.2, -0.15) is 0 Å². The molecule has 0 radical (unpaired) electrons. The zero-order chi connectivity index (χ0) is 21.9. The van der Waals surface area contributed by atoms with E-state index in [9.17, 15) is 19.2 Å². The van der Waals surface area contributed by atoms with Crippen LogP contribution in [0, 0.1) is 5.92 Å². The topological polar surface area (TPSA) is 223 Å². The Morgan fingerprint density at radius 1 is 1.00 bits per heavy atom. The van der Waals surface area contributed by atoms with E-state index >= 15 is 0 Å². The van der Waals surface area contributed by atoms with Crippen LogP contribution in [0.25, 0.3) is 0 Å². The van der Waals surface area contributed by atoms with Crippen LogP contribution in [-0.2, 0) is 19.2 Å². The van der Waals surface area contributed by atoms with Crippen molar-refractivity contribution in [1.29, 1.82) is 0 Å². The lowest BCUT2D eigenvalue weighted by atomic mass is 10.0. The van der Waals surface area contributed by atoms with E-state index in [0.717, 1.165) is 0 Å². The van der Waals surface area contributed by atoms with Crippen LogP contribution in [0.5, 0.6) is 0 Å². The molecule has 0 aliphatic carbocycles. The number of nitrogens with one attached hydrogen (secondary N) is 2. The number of aliphatic carboxylic acids is 2. The fourth-order valence-electron chi connectivity index (χ4n) is 2.23. The highest BCUT2D eigenvalue weighted by Gasteiger charge is 2.30. The van der Waals surface area contributed by atoms with Crippen molar-refractivity contribution in [3.63, 3.8) is 0 Å². The molecule has 0 saturated heterocycles. The first-order valence-corrected chi connectivity index (χ1v) is 8.82. The predicted octanol–water partition coefficient (Wildman–Crippen LogP) is -2.06. The maximum absolute atomic E-state index is 12.4. The van der Waals surface area contributed by atoms with Gasteiger partial charge in [0.05, 0.1) is 6.04 Å². The molecule has 2 amide bonds. The first-order chi connectivity index (χ1) is 13.0. The van der Waals surface area contributed by atoms with Crippen LogP contribution >= 0.6 is 0 Å². The minimum absolute atomic E-state index is 0.0644. The van der Waals surface area contributed by atoms with Gasteiger partial charge in [-0.05, 0) is 25.2 Å². The molecule has 3 unspecified atom stereocenters. The standard InChI is InChI=1S/C16H30N6O6/c1-8(2)12(14(26)21-10(15(27)28)5-6-11(23)24)22-13(25)9(17)4-3-7-20-16(18)19/h8-10,12H,3-7,17H2,1-2H3,(H,21,26)(H,22,25)(H,23,24)(H,27,28)(H4,18,19,20). The summed E-state index contributed by atoms with van der Waals surface area (Å²) in [6.07, 6.45) is 0.0445. The number of nitrogens with zero attached hydrogens (tertiary/aromatic N) is 1. The van der Waals surface area contributed by atoms with Gasteiger partial charge in [-0.1, -0.05) is 13.8 Å². The van der Waals surface area contributed by atoms with Crippen molar-refractivity contribution in [3.8, 4) is 0 Å². The number of guanidine groups is 1. The summed E-state index contributed by atoms with van der Waals surface area (Å²) >= 11 is 0. The van der Waals surface area contributed by atoms with Crippen LogP contribution in [-0.4, -0.2) is 64.6 Å². The summed E-state index contributed by atoms with van der Waals surface area (Å²) in [5.74, 6) is -4.26. The maximum Gasteiger partial charge on any atom is 0.326 e. The van der Waals surface area contributed by atoms with Crippen molar-refractivity contribution in [3.05, 3.63) is 0 Å². The van der Waals surface area contributed by atoms with E-state index in [0.29, 0.717) is 13.0 Å². The highest BCUT2D eigenvalue weighted by Crippen LogP contribution is 2.06. The highest BCUT2D eigenvalue weighted by atomic mass is 16.4. The molecule has 0 aliphatic rings. The van der Waals surface area contributed by atoms with Crippen molar-refractivity contribution < 1.29 is 29.4 Å². The van der Waals surface area contributed by atoms with E-state index in [2.05, 4.69) is 15.6 Å². The van der Waals surface area contributed by atoms with Crippen LogP contribution < -0.4 is 27.8 Å². The fourth-order valence-corrected chi connectivity index (χ4v) is 2.23. The first-order valence-electron chi connectivity index (χ1n) is 8.82. The Bertz CT molecular complexity index is 590. The van der Waals surface area contributed by atoms with Crippen molar-refractivity contribution in [2.75, 3.05) is 6.54 Å². The lowest BCUT2D eigenvalue weighted by Crippen LogP contribution is -2.56. The zero-order valence-corrected chi connectivity index (χ0v) is 16.1. The van der Waals surface area contributed by atoms with Gasteiger partial charge in [0.2, 0.25) is 11.8 Å². The molecule has 0 bridgehead atoms. The molecule has 12 heteroatoms. The molecule has 0 aromatic heterocycles. The predicted molar refractivity (Wildman–Crippen MR) is 101 cm³/mol. The Morgan fingerprint density at radius 2 is 1.61 bits per heavy atom. The SMILES string of the molecule is CC(C)C(NC(=O)C(N)CCCN=C(N)N)C(=O)NC(CCC(=O)O)C(=O)O. The summed E-state index contributed by atoms with van der Waals surface area (Å²) in [6, 6.07) is -3.30. The van der Waals surface area contributed by atoms with Crippen LogP contribution in [0.1, 0.15) is 39.5 Å². The summed E-state index contributed by atoms with van der Waals surface area (Å²) in [6.45, 7) is 3.64. The molecule has 160 valence electrons. The van der Waals surface area contributed by atoms with Gasteiger partial charge in [-0.15, -0.1) is 0 Å². The van der Waals surface area contributed by atoms with Crippen LogP contribution in [0.3, 0.4) is 0 Å². The van der Waals surface area contributed by atoms with Crippen LogP contribution in [0.2, 0.25) is 0 Å². The first kappa shape index (κ1) is 25.1. The van der Waals surface area contributed by atoms with Gasteiger partial charge in [0.1, 0.15) is 12.1 Å². The Labute approximate surface area is 162 Å². The Hall–Kier alpha value is -2.89. The summed E-state index contributed by atoms with van der Waals surface area (Å²) in [7, 11) is 0. The Balaban J connectivity index is 4.83. The molecule has 0 fully saturated rings. The van der Waals surface area contributed by atoms with Gasteiger partial charge in [0.25, 0.3) is 0 Å². The summed E-state index contributed by atoms with van der Waals surface area (Å²) in [5, 5.41) is 22.6. The number of aliphatic imine (C=N–C) groups is 1. The normalized spacial score (nSPS) is 13.9. The number of hydrogen-bond donors (Lipinski definition) is 7. The van der Waals surface area contributed by atoms with Crippen molar-refractivity contribution in [2.45, 2.75) is 57.7 Å². The van der Waals surface area contributed by atoms with Crippen LogP contribution in [0.4, 0.5) is 0 Å². The van der Waals surface area contributed by atoms with Gasteiger partial charge in [0.15, 0.2) is 5.96 Å². The van der Waals surface area contributed by atoms with Gasteiger partial charge in [0, 0.05) is 13.0 Å². The molecule has 0 rings (SSSR count). The molecule has 0 saturated carbocycles. The van der Waals surface area contributed by atoms with Crippen molar-refractivity contribution in [2.24, 2.45) is 28.1 Å². The van der Waals surface area contributed by atoms with E-state index < -0.39 is 48.3 Å². The minimum Gasteiger partial charge on any atom is -0.481 e. The molecule has 0 aromatic carbocycles. The van der Waals surface area contributed by atoms with E-state index in [1.54, 1.807) is 13.8 Å². The van der Waals surface area contributed by atoms with Crippen molar-refractivity contribution >= 4 is 29.7 Å². The second-order valence-corrected chi connectivity index (χ2v) is 6.62. The second-order valence-electron chi connectivity index (χ2n) is 6.62. The molecule has 3 atom stereocenters. The van der Waals surface area contributed by atoms with E-state index in [1.807, 2.05) is 0 Å². The average Bonchev–Trinajstić information content (AvgIpc) is 2.58. The molecule has 28 heavy (non-hydrogen) atoms. The molecule has 12 nitrogen and oxygen atoms in total. The quantitative estimate of drug-likeness (QED) is 0.102. The number of hydrogen-bond acceptors (Lipinski definition) is 6. The largest absolute Gasteiger partial charge is 0.481 e. The minimum atomic E-state index is -1.38. The maximum atomic E-state index is 12.4. The average molecular weight is 402 g/mol. The molecule has 10 N–H and O–H groups in total. The third-order valence-corrected chi connectivity index (χ3v) is 3.81. The molecule has 0 spiro atoms. The van der Waals surface area contributed by atoms with Crippen LogP contribution in [0.15, 0.2) is 4.99 Å². The number of carbonyl (C=O) groups is 4. The molecular weight excluding hydrogens is 372 g/mol. The Morgan fingerprint density at radius 3 is 2.07 bits per heavy atom. The van der Waals surface area contributed by atoms with Crippen molar-refractivity contribution in [1.82, 2.24) is 10.6 Å². The van der Waals surface area contributed by atoms with E-state index in [-0.39, 0.29) is 24.7 Å². The number of carbonyl (C=O) groups excluding carboxylic acids is 2. The molecule has 0 aliphatic heterocycles. The molecule has 0 heterocycles. The van der Waals surface area contributed by atoms with E-state index in [4.69, 9.17) is 27.4 Å². The van der Waals surface area contributed by atoms with Gasteiger partial charge in [-0.25, -0.2) is 4.79 Å². The monoisotopic (exact) mass is 402 g/mol. The number of amides is 2. The second kappa shape index (κ2) is 12.5. The highest BCUT2D eigenvalue weighted by molar-refractivity contribution is 5.92. The third kappa shape index (κ3) is 10.3. The number of carboxylic acid groups (broad SMARTS) is 2. The van der Waals surface area contributed by atoms with Gasteiger partial charge in [-0.3, -0.25) is 19.4 Å². The van der Waals surface area contributed by atoms with Gasteiger partial charge >= 0.3 is 11.9 Å². The Kier molecular flexibility index (Phi) is 11.2. The van der Waals surface area contributed by atoms with E-state index in [1.165, 1.54) is 0 Å². The molecule has 0 aromatic rings. The fraction of sp³-hybridized carbons (Fsp3) is 0.688. The number of carboxylic acids is 2. The number of nitrogens with two attached hydrogens (primary N) is 3.